The van der Waals surface area contributed by atoms with Gasteiger partial charge in [0.1, 0.15) is 11.5 Å². The second-order valence-electron chi connectivity index (χ2n) is 5.92. The second kappa shape index (κ2) is 11.4. The number of carbonyl (C=O) groups excluding carboxylic acids is 1. The minimum Gasteiger partial charge on any atom is -0.497 e. The summed E-state index contributed by atoms with van der Waals surface area (Å²) in [5.41, 5.74) is 6.68. The van der Waals surface area contributed by atoms with Crippen molar-refractivity contribution in [3.05, 3.63) is 23.8 Å². The number of nitrogens with two attached hydrogens (primary N) is 1. The van der Waals surface area contributed by atoms with Gasteiger partial charge in [-0.05, 0) is 18.2 Å². The topological polar surface area (TPSA) is 68.0 Å². The molecule has 1 aromatic carbocycles. The smallest absolute Gasteiger partial charge is 0.226 e. The first-order valence-electron chi connectivity index (χ1n) is 8.01. The molecule has 1 fully saturated rings. The lowest BCUT2D eigenvalue weighted by atomic mass is 10.1. The number of hydrogen-bond donors (Lipinski definition) is 1. The molecule has 1 heterocycles. The standard InChI is InChI=1S/C17H27N3O3.2ClH/c1-13(11-18)17(21)20-8-6-19(7-9-20)12-14-10-15(22-2)4-5-16(14)23-3;;/h4-5,10,13H,6-9,11-12,18H2,1-3H3;2*1H. The Kier molecular flexibility index (Phi) is 10.9. The van der Waals surface area contributed by atoms with Gasteiger partial charge in [-0.25, -0.2) is 0 Å². The minimum atomic E-state index is -0.0972. The highest BCUT2D eigenvalue weighted by atomic mass is 35.5. The third-order valence-corrected chi connectivity index (χ3v) is 4.34. The van der Waals surface area contributed by atoms with E-state index in [0.29, 0.717) is 6.54 Å². The molecule has 1 aliphatic heterocycles. The molecule has 25 heavy (non-hydrogen) atoms. The first-order chi connectivity index (χ1) is 11.1. The summed E-state index contributed by atoms with van der Waals surface area (Å²) in [5, 5.41) is 0. The molecular weight excluding hydrogens is 365 g/mol. The van der Waals surface area contributed by atoms with Crippen LogP contribution in [0.25, 0.3) is 0 Å². The van der Waals surface area contributed by atoms with E-state index in [-0.39, 0.29) is 36.6 Å². The van der Waals surface area contributed by atoms with Gasteiger partial charge in [0.05, 0.1) is 14.2 Å². The van der Waals surface area contributed by atoms with Crippen molar-refractivity contribution in [2.24, 2.45) is 11.7 Å². The number of halogens is 2. The third-order valence-electron chi connectivity index (χ3n) is 4.34. The number of amides is 1. The Labute approximate surface area is 162 Å². The first-order valence-corrected chi connectivity index (χ1v) is 8.01. The van der Waals surface area contributed by atoms with Crippen molar-refractivity contribution in [1.82, 2.24) is 9.80 Å². The van der Waals surface area contributed by atoms with Gasteiger partial charge in [-0.3, -0.25) is 9.69 Å². The summed E-state index contributed by atoms with van der Waals surface area (Å²) in [5.74, 6) is 1.75. The predicted octanol–water partition coefficient (Wildman–Crippen LogP) is 1.79. The van der Waals surface area contributed by atoms with Crippen LogP contribution in [0.1, 0.15) is 12.5 Å². The molecule has 8 heteroatoms. The molecule has 144 valence electrons. The Morgan fingerprint density at radius 3 is 2.32 bits per heavy atom. The lowest BCUT2D eigenvalue weighted by molar-refractivity contribution is -0.136. The van der Waals surface area contributed by atoms with Crippen LogP contribution >= 0.6 is 24.8 Å². The summed E-state index contributed by atoms with van der Waals surface area (Å²) in [4.78, 5) is 16.4. The lowest BCUT2D eigenvalue weighted by Crippen LogP contribution is -2.50. The molecule has 1 saturated heterocycles. The molecule has 0 spiro atoms. The van der Waals surface area contributed by atoms with Crippen molar-refractivity contribution in [2.75, 3.05) is 46.9 Å². The van der Waals surface area contributed by atoms with E-state index >= 15 is 0 Å². The van der Waals surface area contributed by atoms with Crippen molar-refractivity contribution in [3.8, 4) is 11.5 Å². The van der Waals surface area contributed by atoms with E-state index in [1.165, 1.54) is 0 Å². The van der Waals surface area contributed by atoms with Gasteiger partial charge >= 0.3 is 0 Å². The number of piperazine rings is 1. The van der Waals surface area contributed by atoms with Gasteiger partial charge in [-0.1, -0.05) is 6.92 Å². The van der Waals surface area contributed by atoms with Gasteiger partial charge in [0.15, 0.2) is 0 Å². The van der Waals surface area contributed by atoms with Crippen LogP contribution in [-0.4, -0.2) is 62.7 Å². The van der Waals surface area contributed by atoms with Gasteiger partial charge < -0.3 is 20.1 Å². The summed E-state index contributed by atoms with van der Waals surface area (Å²) < 4.78 is 10.7. The first kappa shape index (κ1) is 23.8. The number of ether oxygens (including phenoxy) is 2. The molecule has 6 nitrogen and oxygen atoms in total. The van der Waals surface area contributed by atoms with Crippen molar-refractivity contribution in [1.29, 1.82) is 0 Å². The van der Waals surface area contributed by atoms with Crippen LogP contribution in [0.15, 0.2) is 18.2 Å². The second-order valence-corrected chi connectivity index (χ2v) is 5.92. The number of nitrogens with zero attached hydrogens (tertiary/aromatic N) is 2. The maximum atomic E-state index is 12.2. The van der Waals surface area contributed by atoms with Crippen molar-refractivity contribution < 1.29 is 14.3 Å². The lowest BCUT2D eigenvalue weighted by Gasteiger charge is -2.36. The molecule has 1 amide bonds. The highest BCUT2D eigenvalue weighted by Gasteiger charge is 2.24. The maximum absolute atomic E-state index is 12.2. The molecule has 0 aliphatic carbocycles. The molecule has 0 aromatic heterocycles. The fourth-order valence-corrected chi connectivity index (χ4v) is 2.79. The zero-order chi connectivity index (χ0) is 16.8. The average molecular weight is 394 g/mol. The Balaban J connectivity index is 0.00000288. The van der Waals surface area contributed by atoms with E-state index in [4.69, 9.17) is 15.2 Å². The van der Waals surface area contributed by atoms with Gasteiger partial charge in [0, 0.05) is 50.7 Å². The number of hydrogen-bond acceptors (Lipinski definition) is 5. The Morgan fingerprint density at radius 2 is 1.80 bits per heavy atom. The summed E-state index contributed by atoms with van der Waals surface area (Å²) in [6.07, 6.45) is 0. The van der Waals surface area contributed by atoms with Crippen LogP contribution in [0.5, 0.6) is 11.5 Å². The van der Waals surface area contributed by atoms with Crippen LogP contribution < -0.4 is 15.2 Å². The van der Waals surface area contributed by atoms with E-state index in [2.05, 4.69) is 4.90 Å². The molecular formula is C17H29Cl2N3O3. The molecule has 0 bridgehead atoms. The van der Waals surface area contributed by atoms with Crippen LogP contribution in [0.3, 0.4) is 0 Å². The molecule has 2 rings (SSSR count). The van der Waals surface area contributed by atoms with Crippen LogP contribution in [0.4, 0.5) is 0 Å². The Morgan fingerprint density at radius 1 is 1.16 bits per heavy atom. The molecule has 1 unspecified atom stereocenters. The minimum absolute atomic E-state index is 0. The van der Waals surface area contributed by atoms with Crippen LogP contribution in [0.2, 0.25) is 0 Å². The van der Waals surface area contributed by atoms with E-state index in [0.717, 1.165) is 49.8 Å². The van der Waals surface area contributed by atoms with E-state index in [9.17, 15) is 4.79 Å². The largest absolute Gasteiger partial charge is 0.497 e. The Hall–Kier alpha value is -1.21. The van der Waals surface area contributed by atoms with Crippen LogP contribution in [-0.2, 0) is 11.3 Å². The van der Waals surface area contributed by atoms with E-state index in [1.807, 2.05) is 30.0 Å². The molecule has 1 aliphatic rings. The zero-order valence-electron chi connectivity index (χ0n) is 15.1. The van der Waals surface area contributed by atoms with Crippen molar-refractivity contribution in [3.63, 3.8) is 0 Å². The summed E-state index contributed by atoms with van der Waals surface area (Å²) >= 11 is 0. The number of carbonyl (C=O) groups is 1. The monoisotopic (exact) mass is 393 g/mol. The van der Waals surface area contributed by atoms with Gasteiger partial charge in [0.25, 0.3) is 0 Å². The van der Waals surface area contributed by atoms with E-state index in [1.54, 1.807) is 14.2 Å². The normalized spacial score (nSPS) is 15.6. The maximum Gasteiger partial charge on any atom is 0.226 e. The molecule has 0 saturated carbocycles. The molecule has 1 aromatic rings. The SMILES string of the molecule is COc1ccc(OC)c(CN2CCN(C(=O)C(C)CN)CC2)c1.Cl.Cl. The quantitative estimate of drug-likeness (QED) is 0.797. The van der Waals surface area contributed by atoms with Crippen LogP contribution in [0, 0.1) is 5.92 Å². The van der Waals surface area contributed by atoms with Gasteiger partial charge in [-0.15, -0.1) is 24.8 Å². The highest BCUT2D eigenvalue weighted by molar-refractivity contribution is 5.85. The fourth-order valence-electron chi connectivity index (χ4n) is 2.79. The third kappa shape index (κ3) is 6.22. The summed E-state index contributed by atoms with van der Waals surface area (Å²) in [6, 6.07) is 5.83. The molecule has 0 radical (unpaired) electrons. The van der Waals surface area contributed by atoms with Gasteiger partial charge in [-0.2, -0.15) is 0 Å². The van der Waals surface area contributed by atoms with Crippen molar-refractivity contribution >= 4 is 30.7 Å². The zero-order valence-corrected chi connectivity index (χ0v) is 16.7. The van der Waals surface area contributed by atoms with Crippen molar-refractivity contribution in [2.45, 2.75) is 13.5 Å². The molecule has 2 N–H and O–H groups in total. The summed E-state index contributed by atoms with van der Waals surface area (Å²) in [6.45, 7) is 6.27. The Bertz CT molecular complexity index is 538. The van der Waals surface area contributed by atoms with E-state index < -0.39 is 0 Å². The summed E-state index contributed by atoms with van der Waals surface area (Å²) in [7, 11) is 3.34. The number of benzene rings is 1. The van der Waals surface area contributed by atoms with Gasteiger partial charge in [0.2, 0.25) is 5.91 Å². The highest BCUT2D eigenvalue weighted by Crippen LogP contribution is 2.25. The fraction of sp³-hybridized carbons (Fsp3) is 0.588. The number of methoxy groups -OCH3 is 2. The molecule has 1 atom stereocenters. The number of rotatable bonds is 6. The predicted molar refractivity (Wildman–Crippen MR) is 104 cm³/mol. The average Bonchev–Trinajstić information content (AvgIpc) is 2.61.